The highest BCUT2D eigenvalue weighted by Crippen LogP contribution is 2.26. The summed E-state index contributed by atoms with van der Waals surface area (Å²) in [6, 6.07) is 2.94. The second kappa shape index (κ2) is 4.45. The van der Waals surface area contributed by atoms with E-state index >= 15 is 0 Å². The van der Waals surface area contributed by atoms with E-state index in [9.17, 15) is 0 Å². The van der Waals surface area contributed by atoms with Gasteiger partial charge in [-0.1, -0.05) is 0 Å². The Bertz CT molecular complexity index is 404. The highest BCUT2D eigenvalue weighted by Gasteiger charge is 2.21. The number of hydrogen-bond donors (Lipinski definition) is 2. The zero-order valence-corrected chi connectivity index (χ0v) is 10.9. The Morgan fingerprint density at radius 2 is 2.25 bits per heavy atom. The molecule has 3 nitrogen and oxygen atoms in total. The number of nitrogens with zero attached hydrogens (tertiary/aromatic N) is 1. The van der Waals surface area contributed by atoms with Crippen molar-refractivity contribution >= 4 is 17.3 Å². The monoisotopic (exact) mass is 237 g/mol. The Balaban J connectivity index is 2.01. The molecule has 1 aliphatic rings. The summed E-state index contributed by atoms with van der Waals surface area (Å²) in [6.07, 6.45) is 2.38. The Labute approximate surface area is 101 Å². The lowest BCUT2D eigenvalue weighted by Crippen LogP contribution is -2.34. The number of guanidine groups is 1. The van der Waals surface area contributed by atoms with Gasteiger partial charge in [-0.05, 0) is 45.2 Å². The van der Waals surface area contributed by atoms with Crippen molar-refractivity contribution in [3.8, 4) is 0 Å². The molecule has 0 spiro atoms. The minimum atomic E-state index is 0.243. The van der Waals surface area contributed by atoms with E-state index in [1.807, 2.05) is 11.3 Å². The van der Waals surface area contributed by atoms with Crippen LogP contribution in [0, 0.1) is 13.8 Å². The average Bonchev–Trinajstić information content (AvgIpc) is 2.90. The third-order valence-electron chi connectivity index (χ3n) is 2.78. The summed E-state index contributed by atoms with van der Waals surface area (Å²) < 4.78 is 0. The Morgan fingerprint density at radius 3 is 2.75 bits per heavy atom. The summed E-state index contributed by atoms with van der Waals surface area (Å²) in [5.74, 6) is 0.582. The Hall–Kier alpha value is -1.03. The van der Waals surface area contributed by atoms with Gasteiger partial charge in [0.1, 0.15) is 0 Å². The van der Waals surface area contributed by atoms with Crippen LogP contribution in [-0.4, -0.2) is 12.0 Å². The van der Waals surface area contributed by atoms with Crippen molar-refractivity contribution in [2.24, 2.45) is 10.7 Å². The van der Waals surface area contributed by atoms with Gasteiger partial charge in [0.2, 0.25) is 0 Å². The van der Waals surface area contributed by atoms with E-state index in [0.717, 1.165) is 0 Å². The lowest BCUT2D eigenvalue weighted by Gasteiger charge is -2.14. The Kier molecular flexibility index (Phi) is 3.19. The van der Waals surface area contributed by atoms with Gasteiger partial charge in [-0.3, -0.25) is 4.99 Å². The molecule has 1 aromatic rings. The molecule has 0 amide bonds. The highest BCUT2D eigenvalue weighted by molar-refractivity contribution is 7.12. The van der Waals surface area contributed by atoms with Gasteiger partial charge in [-0.15, -0.1) is 11.3 Å². The first-order valence-corrected chi connectivity index (χ1v) is 6.54. The molecule has 1 aromatic heterocycles. The van der Waals surface area contributed by atoms with Crippen molar-refractivity contribution in [2.75, 3.05) is 0 Å². The number of nitrogens with two attached hydrogens (primary N) is 1. The summed E-state index contributed by atoms with van der Waals surface area (Å²) in [7, 11) is 0. The third kappa shape index (κ3) is 2.76. The van der Waals surface area contributed by atoms with Crippen LogP contribution < -0.4 is 11.1 Å². The summed E-state index contributed by atoms with van der Waals surface area (Å²) >= 11 is 1.83. The topological polar surface area (TPSA) is 50.4 Å². The van der Waals surface area contributed by atoms with Crippen molar-refractivity contribution in [1.29, 1.82) is 0 Å². The SMILES string of the molecule is Cc1cc(C(C)NC(N)=NC2CC2)c(C)s1. The van der Waals surface area contributed by atoms with Crippen LogP contribution >= 0.6 is 11.3 Å². The number of nitrogens with one attached hydrogen (secondary N) is 1. The predicted octanol–water partition coefficient (Wildman–Crippen LogP) is 2.49. The van der Waals surface area contributed by atoms with Gasteiger partial charge in [-0.2, -0.15) is 0 Å². The molecule has 3 N–H and O–H groups in total. The standard InChI is InChI=1S/C12H19N3S/c1-7-6-11(9(3)16-7)8(2)14-12(13)15-10-4-5-10/h6,8,10H,4-5H2,1-3H3,(H3,13,14,15). The molecule has 0 bridgehead atoms. The summed E-state index contributed by atoms with van der Waals surface area (Å²) in [4.78, 5) is 7.08. The van der Waals surface area contributed by atoms with Crippen LogP contribution in [0.1, 0.15) is 41.1 Å². The largest absolute Gasteiger partial charge is 0.370 e. The second-order valence-electron chi connectivity index (χ2n) is 4.48. The third-order valence-corrected chi connectivity index (χ3v) is 3.76. The normalized spacial score (nSPS) is 18.6. The van der Waals surface area contributed by atoms with E-state index < -0.39 is 0 Å². The number of hydrogen-bond acceptors (Lipinski definition) is 2. The van der Waals surface area contributed by atoms with Gasteiger partial charge in [0, 0.05) is 9.75 Å². The maximum absolute atomic E-state index is 5.85. The Morgan fingerprint density at radius 1 is 1.56 bits per heavy atom. The maximum atomic E-state index is 5.85. The quantitative estimate of drug-likeness (QED) is 0.627. The average molecular weight is 237 g/mol. The van der Waals surface area contributed by atoms with E-state index in [-0.39, 0.29) is 6.04 Å². The van der Waals surface area contributed by atoms with Crippen molar-refractivity contribution < 1.29 is 0 Å². The fourth-order valence-corrected chi connectivity index (χ4v) is 2.84. The van der Waals surface area contributed by atoms with Gasteiger partial charge in [-0.25, -0.2) is 0 Å². The molecular weight excluding hydrogens is 218 g/mol. The molecule has 1 heterocycles. The van der Waals surface area contributed by atoms with Crippen molar-refractivity contribution in [2.45, 2.75) is 45.7 Å². The molecule has 1 unspecified atom stereocenters. The number of rotatable bonds is 3. The van der Waals surface area contributed by atoms with E-state index in [2.05, 4.69) is 37.1 Å². The van der Waals surface area contributed by atoms with E-state index in [1.165, 1.54) is 28.2 Å². The molecule has 16 heavy (non-hydrogen) atoms. The first-order valence-electron chi connectivity index (χ1n) is 5.73. The zero-order chi connectivity index (χ0) is 11.7. The molecule has 88 valence electrons. The first-order chi connectivity index (χ1) is 7.56. The van der Waals surface area contributed by atoms with E-state index in [1.54, 1.807) is 0 Å². The molecule has 4 heteroatoms. The molecule has 1 fully saturated rings. The first kappa shape index (κ1) is 11.5. The lowest BCUT2D eigenvalue weighted by atomic mass is 10.1. The fourth-order valence-electron chi connectivity index (χ4n) is 1.82. The smallest absolute Gasteiger partial charge is 0.189 e. The number of aliphatic imine (C=N–C) groups is 1. The summed E-state index contributed by atoms with van der Waals surface area (Å²) in [6.45, 7) is 6.42. The van der Waals surface area contributed by atoms with Gasteiger partial charge < -0.3 is 11.1 Å². The van der Waals surface area contributed by atoms with Crippen LogP contribution in [0.5, 0.6) is 0 Å². The zero-order valence-electron chi connectivity index (χ0n) is 10.1. The molecule has 0 radical (unpaired) electrons. The van der Waals surface area contributed by atoms with Crippen LogP contribution in [0.25, 0.3) is 0 Å². The van der Waals surface area contributed by atoms with E-state index in [0.29, 0.717) is 12.0 Å². The molecule has 0 saturated heterocycles. The second-order valence-corrected chi connectivity index (χ2v) is 5.94. The van der Waals surface area contributed by atoms with Crippen molar-refractivity contribution in [3.63, 3.8) is 0 Å². The van der Waals surface area contributed by atoms with Crippen LogP contribution in [0.15, 0.2) is 11.1 Å². The van der Waals surface area contributed by atoms with Crippen LogP contribution in [0.4, 0.5) is 0 Å². The molecule has 1 aliphatic carbocycles. The number of aryl methyl sites for hydroxylation is 2. The highest BCUT2D eigenvalue weighted by atomic mass is 32.1. The molecule has 1 saturated carbocycles. The number of thiophene rings is 1. The van der Waals surface area contributed by atoms with Gasteiger partial charge >= 0.3 is 0 Å². The molecule has 0 aliphatic heterocycles. The minimum absolute atomic E-state index is 0.243. The molecule has 1 atom stereocenters. The summed E-state index contributed by atoms with van der Waals surface area (Å²) in [5, 5.41) is 3.26. The fraction of sp³-hybridized carbons (Fsp3) is 0.583. The molecular formula is C12H19N3S. The lowest BCUT2D eigenvalue weighted by molar-refractivity contribution is 0.706. The van der Waals surface area contributed by atoms with Crippen molar-refractivity contribution in [3.05, 3.63) is 21.4 Å². The van der Waals surface area contributed by atoms with Crippen LogP contribution in [0.3, 0.4) is 0 Å². The van der Waals surface area contributed by atoms with Gasteiger partial charge in [0.15, 0.2) is 5.96 Å². The van der Waals surface area contributed by atoms with Crippen LogP contribution in [0.2, 0.25) is 0 Å². The minimum Gasteiger partial charge on any atom is -0.370 e. The van der Waals surface area contributed by atoms with E-state index in [4.69, 9.17) is 5.73 Å². The molecule has 0 aromatic carbocycles. The van der Waals surface area contributed by atoms with Gasteiger partial charge in [0.05, 0.1) is 12.1 Å². The van der Waals surface area contributed by atoms with Crippen LogP contribution in [-0.2, 0) is 0 Å². The molecule has 2 rings (SSSR count). The maximum Gasteiger partial charge on any atom is 0.189 e. The summed E-state index contributed by atoms with van der Waals surface area (Å²) in [5.41, 5.74) is 7.18. The predicted molar refractivity (Wildman–Crippen MR) is 70.0 cm³/mol. The van der Waals surface area contributed by atoms with Gasteiger partial charge in [0.25, 0.3) is 0 Å². The van der Waals surface area contributed by atoms with Crippen molar-refractivity contribution in [1.82, 2.24) is 5.32 Å².